The first-order valence-corrected chi connectivity index (χ1v) is 13.5. The van der Waals surface area contributed by atoms with Crippen LogP contribution in [-0.4, -0.2) is 48.1 Å². The van der Waals surface area contributed by atoms with Crippen LogP contribution in [-0.2, 0) is 43.5 Å². The second-order valence-electron chi connectivity index (χ2n) is 9.89. The summed E-state index contributed by atoms with van der Waals surface area (Å²) in [4.78, 5) is 9.37. The highest BCUT2D eigenvalue weighted by atomic mass is 16.6. The molecule has 0 unspecified atom stereocenters. The fourth-order valence-electron chi connectivity index (χ4n) is 4.97. The summed E-state index contributed by atoms with van der Waals surface area (Å²) in [6, 6.07) is 35.9. The Balaban J connectivity index is 1.31. The number of ether oxygens (including phenoxy) is 5. The molecule has 3 aromatic carbocycles. The summed E-state index contributed by atoms with van der Waals surface area (Å²) in [5.74, 6) is 0.430. The highest BCUT2D eigenvalue weighted by Crippen LogP contribution is 2.38. The molecule has 7 nitrogen and oxygen atoms in total. The van der Waals surface area contributed by atoms with E-state index in [0.29, 0.717) is 31.4 Å². The average molecular weight is 537 g/mol. The van der Waals surface area contributed by atoms with E-state index in [1.807, 2.05) is 109 Å². The Kier molecular flexibility index (Phi) is 8.25. The summed E-state index contributed by atoms with van der Waals surface area (Å²) in [5, 5.41) is 0. The molecule has 4 aromatic rings. The van der Waals surface area contributed by atoms with Gasteiger partial charge in [-0.25, -0.2) is 4.99 Å². The van der Waals surface area contributed by atoms with Crippen molar-refractivity contribution in [1.29, 1.82) is 0 Å². The van der Waals surface area contributed by atoms with E-state index in [-0.39, 0.29) is 19.3 Å². The van der Waals surface area contributed by atoms with Crippen LogP contribution in [0.3, 0.4) is 0 Å². The van der Waals surface area contributed by atoms with Gasteiger partial charge in [0.25, 0.3) is 0 Å². The van der Waals surface area contributed by atoms with Crippen LogP contribution in [0.25, 0.3) is 0 Å². The van der Waals surface area contributed by atoms with Crippen LogP contribution in [0.5, 0.6) is 0 Å². The number of hydrogen-bond acceptors (Lipinski definition) is 7. The lowest BCUT2D eigenvalue weighted by Crippen LogP contribution is -2.63. The summed E-state index contributed by atoms with van der Waals surface area (Å²) in [7, 11) is 0. The maximum atomic E-state index is 6.64. The van der Waals surface area contributed by atoms with Gasteiger partial charge in [0.15, 0.2) is 0 Å². The molecule has 0 saturated carbocycles. The molecule has 2 aliphatic rings. The SMILES string of the molecule is c1ccc(CO[C@H]2[C@@H](OCc3ccccc3)[C@@]3(COC(c4ccccn4)=N3)OC[C@H]2OCc2ccccc2)cc1. The van der Waals surface area contributed by atoms with Gasteiger partial charge in [-0.1, -0.05) is 97.1 Å². The summed E-state index contributed by atoms with van der Waals surface area (Å²) < 4.78 is 32.3. The molecule has 204 valence electrons. The smallest absolute Gasteiger partial charge is 0.238 e. The van der Waals surface area contributed by atoms with Crippen molar-refractivity contribution >= 4 is 5.90 Å². The highest BCUT2D eigenvalue weighted by molar-refractivity contribution is 5.93. The molecule has 0 bridgehead atoms. The Bertz CT molecular complexity index is 1370. The Hall–Kier alpha value is -3.88. The monoisotopic (exact) mass is 536 g/mol. The van der Waals surface area contributed by atoms with E-state index >= 15 is 0 Å². The lowest BCUT2D eigenvalue weighted by atomic mass is 9.94. The van der Waals surface area contributed by atoms with Crippen LogP contribution >= 0.6 is 0 Å². The van der Waals surface area contributed by atoms with Gasteiger partial charge in [-0.2, -0.15) is 0 Å². The zero-order valence-corrected chi connectivity index (χ0v) is 22.2. The van der Waals surface area contributed by atoms with E-state index in [2.05, 4.69) is 4.98 Å². The zero-order chi connectivity index (χ0) is 27.0. The molecule has 1 spiro atoms. The maximum Gasteiger partial charge on any atom is 0.238 e. The van der Waals surface area contributed by atoms with Gasteiger partial charge in [-0.3, -0.25) is 4.98 Å². The number of aromatic nitrogens is 1. The first-order valence-electron chi connectivity index (χ1n) is 13.5. The fraction of sp³-hybridized carbons (Fsp3) is 0.273. The quantitative estimate of drug-likeness (QED) is 0.273. The lowest BCUT2D eigenvalue weighted by molar-refractivity contribution is -0.275. The third-order valence-electron chi connectivity index (χ3n) is 7.06. The molecule has 4 atom stereocenters. The molecule has 0 N–H and O–H groups in total. The normalized spacial score (nSPS) is 24.0. The molecule has 1 saturated heterocycles. The lowest BCUT2D eigenvalue weighted by Gasteiger charge is -2.45. The van der Waals surface area contributed by atoms with Gasteiger partial charge >= 0.3 is 0 Å². The van der Waals surface area contributed by atoms with Gasteiger partial charge in [-0.05, 0) is 28.8 Å². The van der Waals surface area contributed by atoms with Crippen molar-refractivity contribution in [2.45, 2.75) is 43.9 Å². The second-order valence-corrected chi connectivity index (χ2v) is 9.89. The van der Waals surface area contributed by atoms with Crippen LogP contribution in [0.2, 0.25) is 0 Å². The van der Waals surface area contributed by atoms with Crippen LogP contribution in [0.1, 0.15) is 22.4 Å². The van der Waals surface area contributed by atoms with E-state index in [9.17, 15) is 0 Å². The molecular formula is C33H32N2O5. The van der Waals surface area contributed by atoms with Crippen molar-refractivity contribution in [3.63, 3.8) is 0 Å². The topological polar surface area (TPSA) is 71.4 Å². The zero-order valence-electron chi connectivity index (χ0n) is 22.2. The highest BCUT2D eigenvalue weighted by Gasteiger charge is 2.56. The van der Waals surface area contributed by atoms with Gasteiger partial charge in [-0.15, -0.1) is 0 Å². The summed E-state index contributed by atoms with van der Waals surface area (Å²) in [6.07, 6.45) is 0.254. The van der Waals surface area contributed by atoms with Crippen molar-refractivity contribution in [2.24, 2.45) is 4.99 Å². The van der Waals surface area contributed by atoms with Crippen LogP contribution in [0.4, 0.5) is 0 Å². The molecule has 0 amide bonds. The third kappa shape index (κ3) is 6.13. The minimum Gasteiger partial charge on any atom is -0.471 e. The summed E-state index contributed by atoms with van der Waals surface area (Å²) in [5.41, 5.74) is 2.72. The molecule has 2 aliphatic heterocycles. The number of nitrogens with zero attached hydrogens (tertiary/aromatic N) is 2. The molecule has 40 heavy (non-hydrogen) atoms. The number of pyridine rings is 1. The molecule has 7 heteroatoms. The van der Waals surface area contributed by atoms with Crippen LogP contribution < -0.4 is 0 Å². The van der Waals surface area contributed by atoms with Gasteiger partial charge in [0, 0.05) is 6.20 Å². The number of aliphatic imine (C=N–C) groups is 1. The molecule has 0 radical (unpaired) electrons. The molecular weight excluding hydrogens is 504 g/mol. The predicted octanol–water partition coefficient (Wildman–Crippen LogP) is 5.34. The van der Waals surface area contributed by atoms with Crippen LogP contribution in [0, 0.1) is 0 Å². The van der Waals surface area contributed by atoms with E-state index < -0.39 is 17.9 Å². The van der Waals surface area contributed by atoms with Crippen molar-refractivity contribution in [3.05, 3.63) is 138 Å². The molecule has 1 fully saturated rings. The van der Waals surface area contributed by atoms with Crippen molar-refractivity contribution in [1.82, 2.24) is 4.98 Å². The molecule has 6 rings (SSSR count). The van der Waals surface area contributed by atoms with Gasteiger partial charge in [0.2, 0.25) is 11.6 Å². The largest absolute Gasteiger partial charge is 0.471 e. The van der Waals surface area contributed by atoms with E-state index in [1.165, 1.54) is 0 Å². The first kappa shape index (κ1) is 26.3. The standard InChI is InChI=1S/C33H32N2O5/c1-4-12-25(13-5-1)20-36-29-23-40-33(24-39-32(35-33)28-18-10-11-19-34-28)31(38-22-27-16-8-3-9-17-27)30(29)37-21-26-14-6-2-7-15-26/h1-19,29-31H,20-24H2/t29-,30-,31-,33-/m1/s1. The predicted molar refractivity (Wildman–Crippen MR) is 150 cm³/mol. The van der Waals surface area contributed by atoms with Crippen molar-refractivity contribution in [3.8, 4) is 0 Å². The van der Waals surface area contributed by atoms with Gasteiger partial charge in [0.1, 0.15) is 30.6 Å². The minimum atomic E-state index is -1.10. The summed E-state index contributed by atoms with van der Waals surface area (Å²) >= 11 is 0. The Morgan fingerprint density at radius 3 is 1.85 bits per heavy atom. The van der Waals surface area contributed by atoms with Gasteiger partial charge < -0.3 is 23.7 Å². The molecule has 3 heterocycles. The molecule has 0 aliphatic carbocycles. The fourth-order valence-corrected chi connectivity index (χ4v) is 4.97. The van der Waals surface area contributed by atoms with Gasteiger partial charge in [0.05, 0.1) is 26.4 Å². The third-order valence-corrected chi connectivity index (χ3v) is 7.06. The Morgan fingerprint density at radius 2 is 1.25 bits per heavy atom. The Morgan fingerprint density at radius 1 is 0.675 bits per heavy atom. The van der Waals surface area contributed by atoms with Crippen molar-refractivity contribution in [2.75, 3.05) is 13.2 Å². The average Bonchev–Trinajstić information content (AvgIpc) is 3.45. The van der Waals surface area contributed by atoms with E-state index in [4.69, 9.17) is 28.7 Å². The minimum absolute atomic E-state index is 0.189. The first-order chi connectivity index (χ1) is 19.8. The molecule has 1 aromatic heterocycles. The maximum absolute atomic E-state index is 6.64. The van der Waals surface area contributed by atoms with Crippen molar-refractivity contribution < 1.29 is 23.7 Å². The number of rotatable bonds is 10. The second kappa shape index (κ2) is 12.5. The van der Waals surface area contributed by atoms with E-state index in [0.717, 1.165) is 16.7 Å². The summed E-state index contributed by atoms with van der Waals surface area (Å²) in [6.45, 7) is 1.66. The number of hydrogen-bond donors (Lipinski definition) is 0. The number of benzene rings is 3. The van der Waals surface area contributed by atoms with E-state index in [1.54, 1.807) is 6.20 Å². The Labute approximate surface area is 234 Å². The van der Waals surface area contributed by atoms with Crippen LogP contribution in [0.15, 0.2) is 120 Å².